The van der Waals surface area contributed by atoms with Gasteiger partial charge in [0, 0.05) is 24.6 Å². The van der Waals surface area contributed by atoms with Crippen LogP contribution >= 0.6 is 11.6 Å². The number of hydrogen-bond donors (Lipinski definition) is 1. The molecule has 0 aliphatic heterocycles. The highest BCUT2D eigenvalue weighted by Gasteiger charge is 2.23. The first kappa shape index (κ1) is 20.9. The molecule has 1 atom stereocenters. The Morgan fingerprint density at radius 2 is 1.90 bits per heavy atom. The van der Waals surface area contributed by atoms with Crippen LogP contribution in [0.3, 0.4) is 0 Å². The highest BCUT2D eigenvalue weighted by Crippen LogP contribution is 2.27. The maximum Gasteiger partial charge on any atom is 0.360 e. The standard InChI is InChI=1S/C19H15ClN4O6/c1-10(17(25)21-15-8-7-11(24(28)29)9-14(15)20)30-19(27)16-12-5-3-4-6-13(12)18(26)23(2)22-16/h3-10H,1-2H3,(H,21,25)/t10-/m0/s1. The Balaban J connectivity index is 1.79. The largest absolute Gasteiger partial charge is 0.448 e. The fraction of sp³-hybridized carbons (Fsp3) is 0.158. The molecule has 30 heavy (non-hydrogen) atoms. The lowest BCUT2D eigenvalue weighted by Crippen LogP contribution is -2.31. The van der Waals surface area contributed by atoms with Crippen molar-refractivity contribution in [2.75, 3.05) is 5.32 Å². The van der Waals surface area contributed by atoms with E-state index >= 15 is 0 Å². The van der Waals surface area contributed by atoms with E-state index in [1.165, 1.54) is 26.1 Å². The van der Waals surface area contributed by atoms with E-state index in [0.717, 1.165) is 10.7 Å². The summed E-state index contributed by atoms with van der Waals surface area (Å²) in [7, 11) is 1.40. The molecule has 0 radical (unpaired) electrons. The Labute approximate surface area is 174 Å². The monoisotopic (exact) mass is 430 g/mol. The lowest BCUT2D eigenvalue weighted by Gasteiger charge is -2.15. The van der Waals surface area contributed by atoms with Crippen LogP contribution in [0.5, 0.6) is 0 Å². The normalized spacial score (nSPS) is 11.7. The number of aromatic nitrogens is 2. The number of non-ortho nitro benzene ring substituents is 1. The summed E-state index contributed by atoms with van der Waals surface area (Å²) in [6, 6.07) is 9.96. The zero-order chi connectivity index (χ0) is 22.0. The molecule has 1 heterocycles. The fourth-order valence-corrected chi connectivity index (χ4v) is 2.90. The smallest absolute Gasteiger partial charge is 0.360 e. The van der Waals surface area contributed by atoms with Gasteiger partial charge in [-0.2, -0.15) is 5.10 Å². The van der Waals surface area contributed by atoms with Gasteiger partial charge in [0.25, 0.3) is 17.2 Å². The van der Waals surface area contributed by atoms with E-state index < -0.39 is 22.9 Å². The van der Waals surface area contributed by atoms with E-state index in [4.69, 9.17) is 16.3 Å². The van der Waals surface area contributed by atoms with Gasteiger partial charge in [0.2, 0.25) is 0 Å². The Morgan fingerprint density at radius 3 is 2.53 bits per heavy atom. The summed E-state index contributed by atoms with van der Waals surface area (Å²) in [6.45, 7) is 1.34. The molecular weight excluding hydrogens is 416 g/mol. The van der Waals surface area contributed by atoms with Crippen molar-refractivity contribution in [3.05, 3.63) is 73.6 Å². The molecule has 0 aliphatic carbocycles. The lowest BCUT2D eigenvalue weighted by molar-refractivity contribution is -0.384. The molecule has 0 spiro atoms. The minimum Gasteiger partial charge on any atom is -0.448 e. The molecule has 1 N–H and O–H groups in total. The van der Waals surface area contributed by atoms with Gasteiger partial charge in [0.15, 0.2) is 11.8 Å². The van der Waals surface area contributed by atoms with Crippen molar-refractivity contribution in [3.8, 4) is 0 Å². The average molecular weight is 431 g/mol. The number of carbonyl (C=O) groups is 2. The summed E-state index contributed by atoms with van der Waals surface area (Å²) in [5.74, 6) is -1.59. The predicted molar refractivity (Wildman–Crippen MR) is 109 cm³/mol. The van der Waals surface area contributed by atoms with E-state index in [1.54, 1.807) is 24.3 Å². The Kier molecular flexibility index (Phi) is 5.79. The van der Waals surface area contributed by atoms with Crippen LogP contribution in [0.15, 0.2) is 47.3 Å². The van der Waals surface area contributed by atoms with Crippen molar-refractivity contribution in [2.24, 2.45) is 7.05 Å². The molecule has 1 aromatic heterocycles. The Morgan fingerprint density at radius 1 is 1.23 bits per heavy atom. The van der Waals surface area contributed by atoms with E-state index in [9.17, 15) is 24.5 Å². The van der Waals surface area contributed by atoms with Gasteiger partial charge >= 0.3 is 5.97 Å². The van der Waals surface area contributed by atoms with Gasteiger partial charge in [-0.25, -0.2) is 9.48 Å². The van der Waals surface area contributed by atoms with E-state index in [-0.39, 0.29) is 33.0 Å². The van der Waals surface area contributed by atoms with Crippen LogP contribution < -0.4 is 10.9 Å². The molecule has 10 nitrogen and oxygen atoms in total. The third kappa shape index (κ3) is 4.13. The molecule has 154 valence electrons. The van der Waals surface area contributed by atoms with Gasteiger partial charge in [-0.3, -0.25) is 19.7 Å². The van der Waals surface area contributed by atoms with Gasteiger partial charge in [0.05, 0.1) is 21.0 Å². The number of hydrogen-bond acceptors (Lipinski definition) is 7. The Bertz CT molecular complexity index is 1240. The molecule has 3 aromatic rings. The molecule has 1 amide bonds. The molecule has 3 rings (SSSR count). The van der Waals surface area contributed by atoms with Crippen LogP contribution in [0, 0.1) is 10.1 Å². The van der Waals surface area contributed by atoms with Crippen molar-refractivity contribution in [2.45, 2.75) is 13.0 Å². The van der Waals surface area contributed by atoms with Gasteiger partial charge < -0.3 is 10.1 Å². The fourth-order valence-electron chi connectivity index (χ4n) is 2.67. The van der Waals surface area contributed by atoms with Gasteiger partial charge in [0.1, 0.15) is 0 Å². The average Bonchev–Trinajstić information content (AvgIpc) is 2.71. The highest BCUT2D eigenvalue weighted by atomic mass is 35.5. The molecule has 11 heteroatoms. The summed E-state index contributed by atoms with van der Waals surface area (Å²) < 4.78 is 6.21. The Hall–Kier alpha value is -3.79. The summed E-state index contributed by atoms with van der Waals surface area (Å²) in [5, 5.41) is 17.7. The van der Waals surface area contributed by atoms with Crippen molar-refractivity contribution >= 4 is 45.6 Å². The number of aryl methyl sites for hydroxylation is 1. The third-order valence-electron chi connectivity index (χ3n) is 4.22. The number of nitrogens with one attached hydrogen (secondary N) is 1. The van der Waals surface area contributed by atoms with Crippen LogP contribution in [-0.4, -0.2) is 32.7 Å². The maximum atomic E-state index is 12.6. The first-order valence-corrected chi connectivity index (χ1v) is 8.98. The molecular formula is C19H15ClN4O6. The first-order valence-electron chi connectivity index (χ1n) is 8.61. The second-order valence-corrected chi connectivity index (χ2v) is 6.69. The zero-order valence-corrected chi connectivity index (χ0v) is 16.5. The van der Waals surface area contributed by atoms with Crippen molar-refractivity contribution in [1.82, 2.24) is 9.78 Å². The minimum absolute atomic E-state index is 0.0400. The number of carbonyl (C=O) groups excluding carboxylic acids is 2. The van der Waals surface area contributed by atoms with E-state index in [1.807, 2.05) is 0 Å². The summed E-state index contributed by atoms with van der Waals surface area (Å²) in [6.07, 6.45) is -1.23. The summed E-state index contributed by atoms with van der Waals surface area (Å²) in [5.41, 5.74) is -0.590. The summed E-state index contributed by atoms with van der Waals surface area (Å²) >= 11 is 5.95. The number of esters is 1. The minimum atomic E-state index is -1.23. The van der Waals surface area contributed by atoms with Crippen molar-refractivity contribution < 1.29 is 19.2 Å². The van der Waals surface area contributed by atoms with Crippen LogP contribution in [0.2, 0.25) is 5.02 Å². The molecule has 0 bridgehead atoms. The number of amides is 1. The van der Waals surface area contributed by atoms with Crippen LogP contribution in [0.1, 0.15) is 17.4 Å². The molecule has 2 aromatic carbocycles. The van der Waals surface area contributed by atoms with Crippen molar-refractivity contribution in [3.63, 3.8) is 0 Å². The number of nitrogens with zero attached hydrogens (tertiary/aromatic N) is 3. The van der Waals surface area contributed by atoms with Gasteiger partial charge in [-0.15, -0.1) is 0 Å². The molecule has 0 saturated carbocycles. The van der Waals surface area contributed by atoms with E-state index in [0.29, 0.717) is 5.39 Å². The van der Waals surface area contributed by atoms with E-state index in [2.05, 4.69) is 10.4 Å². The second kappa shape index (κ2) is 8.29. The molecule has 0 fully saturated rings. The molecule has 0 saturated heterocycles. The van der Waals surface area contributed by atoms with Crippen LogP contribution in [0.25, 0.3) is 10.8 Å². The van der Waals surface area contributed by atoms with Gasteiger partial charge in [-0.1, -0.05) is 29.8 Å². The second-order valence-electron chi connectivity index (χ2n) is 6.28. The van der Waals surface area contributed by atoms with Crippen LogP contribution in [-0.2, 0) is 16.6 Å². The number of ether oxygens (including phenoxy) is 1. The molecule has 0 aliphatic rings. The topological polar surface area (TPSA) is 133 Å². The zero-order valence-electron chi connectivity index (χ0n) is 15.8. The number of anilines is 1. The first-order chi connectivity index (χ1) is 14.2. The summed E-state index contributed by atoms with van der Waals surface area (Å²) in [4.78, 5) is 47.3. The number of nitro groups is 1. The number of nitro benzene ring substituents is 1. The number of halogens is 1. The van der Waals surface area contributed by atoms with Gasteiger partial charge in [-0.05, 0) is 19.1 Å². The lowest BCUT2D eigenvalue weighted by atomic mass is 10.1. The van der Waals surface area contributed by atoms with Crippen molar-refractivity contribution in [1.29, 1.82) is 0 Å². The van der Waals surface area contributed by atoms with Crippen LogP contribution in [0.4, 0.5) is 11.4 Å². The maximum absolute atomic E-state index is 12.6. The quantitative estimate of drug-likeness (QED) is 0.373. The highest BCUT2D eigenvalue weighted by molar-refractivity contribution is 6.34. The third-order valence-corrected chi connectivity index (χ3v) is 4.54. The SMILES string of the molecule is C[C@H](OC(=O)c1nn(C)c(=O)c2ccccc12)C(=O)Nc1ccc([N+](=O)[O-])cc1Cl. The number of fused-ring (bicyclic) bond motifs is 1. The predicted octanol–water partition coefficient (Wildman–Crippen LogP) is 2.68. The number of rotatable bonds is 5. The number of benzene rings is 2. The molecule has 0 unspecified atom stereocenters.